The van der Waals surface area contributed by atoms with Crippen LogP contribution >= 0.6 is 0 Å². The zero-order valence-corrected chi connectivity index (χ0v) is 7.40. The van der Waals surface area contributed by atoms with E-state index >= 15 is 0 Å². The summed E-state index contributed by atoms with van der Waals surface area (Å²) >= 11 is 0. The molecule has 12 heavy (non-hydrogen) atoms. The van der Waals surface area contributed by atoms with Crippen molar-refractivity contribution < 1.29 is 4.79 Å². The highest BCUT2D eigenvalue weighted by atomic mass is 16.2. The van der Waals surface area contributed by atoms with Crippen molar-refractivity contribution >= 4 is 6.03 Å². The lowest BCUT2D eigenvalue weighted by Gasteiger charge is -2.00. The number of nitrogens with two attached hydrogens (primary N) is 1. The number of nitrogens with zero attached hydrogens (tertiary/aromatic N) is 3. The highest BCUT2D eigenvalue weighted by Crippen LogP contribution is 2.14. The predicted molar refractivity (Wildman–Crippen MR) is 43.8 cm³/mol. The van der Waals surface area contributed by atoms with E-state index in [1.807, 2.05) is 13.8 Å². The number of hydrogen-bond acceptors (Lipinski definition) is 3. The number of rotatable bonds is 1. The van der Waals surface area contributed by atoms with Gasteiger partial charge in [-0.2, -0.15) is 4.68 Å². The van der Waals surface area contributed by atoms with Crippen molar-refractivity contribution in [2.45, 2.75) is 26.7 Å². The molecule has 1 amide bonds. The van der Waals surface area contributed by atoms with Crippen LogP contribution in [0.2, 0.25) is 0 Å². The van der Waals surface area contributed by atoms with Crippen LogP contribution in [0.4, 0.5) is 4.79 Å². The van der Waals surface area contributed by atoms with E-state index in [-0.39, 0.29) is 5.92 Å². The fourth-order valence-corrected chi connectivity index (χ4v) is 1.08. The molecule has 0 radical (unpaired) electrons. The SMILES string of the molecule is Cc1c(C(C)C)nnn1C(N)=O. The van der Waals surface area contributed by atoms with Crippen LogP contribution in [0.5, 0.6) is 0 Å². The van der Waals surface area contributed by atoms with Crippen molar-refractivity contribution in [3.63, 3.8) is 0 Å². The molecule has 5 heteroatoms. The van der Waals surface area contributed by atoms with Gasteiger partial charge in [0.2, 0.25) is 0 Å². The molecule has 1 heterocycles. The first-order valence-electron chi connectivity index (χ1n) is 3.76. The standard InChI is InChI=1S/C7H12N4O/c1-4(2)6-5(3)11(7(8)12)10-9-6/h4H,1-3H3,(H2,8,12). The quantitative estimate of drug-likeness (QED) is 0.668. The number of primary amides is 1. The van der Waals surface area contributed by atoms with Crippen molar-refractivity contribution in [2.75, 3.05) is 0 Å². The molecule has 0 aliphatic heterocycles. The summed E-state index contributed by atoms with van der Waals surface area (Å²) in [5.74, 6) is 0.262. The molecule has 66 valence electrons. The minimum Gasteiger partial charge on any atom is -0.350 e. The Bertz CT molecular complexity index is 302. The van der Waals surface area contributed by atoms with Crippen molar-refractivity contribution in [3.8, 4) is 0 Å². The molecule has 0 fully saturated rings. The maximum atomic E-state index is 10.7. The minimum absolute atomic E-state index is 0.262. The smallest absolute Gasteiger partial charge is 0.341 e. The maximum Gasteiger partial charge on any atom is 0.341 e. The molecule has 1 aromatic heterocycles. The highest BCUT2D eigenvalue weighted by Gasteiger charge is 2.13. The molecule has 0 aliphatic rings. The molecule has 0 unspecified atom stereocenters. The van der Waals surface area contributed by atoms with E-state index in [4.69, 9.17) is 5.73 Å². The van der Waals surface area contributed by atoms with Gasteiger partial charge in [0.1, 0.15) is 0 Å². The Balaban J connectivity index is 3.13. The molecule has 2 N–H and O–H groups in total. The topological polar surface area (TPSA) is 73.8 Å². The number of aromatic nitrogens is 3. The number of amides is 1. The Morgan fingerprint density at radius 2 is 2.17 bits per heavy atom. The number of carbonyl (C=O) groups excluding carboxylic acids is 1. The highest BCUT2D eigenvalue weighted by molar-refractivity contribution is 5.74. The van der Waals surface area contributed by atoms with Crippen LogP contribution in [0, 0.1) is 6.92 Å². The Kier molecular flexibility index (Phi) is 2.12. The first-order chi connectivity index (χ1) is 5.54. The first-order valence-corrected chi connectivity index (χ1v) is 3.76. The summed E-state index contributed by atoms with van der Waals surface area (Å²) in [7, 11) is 0. The van der Waals surface area contributed by atoms with Gasteiger partial charge in [-0.3, -0.25) is 0 Å². The van der Waals surface area contributed by atoms with Crippen LogP contribution in [0.25, 0.3) is 0 Å². The Labute approximate surface area is 70.6 Å². The summed E-state index contributed by atoms with van der Waals surface area (Å²) in [6.07, 6.45) is 0. The first kappa shape index (κ1) is 8.70. The third-order valence-electron chi connectivity index (χ3n) is 1.69. The minimum atomic E-state index is -0.591. The van der Waals surface area contributed by atoms with Gasteiger partial charge < -0.3 is 5.73 Å². The predicted octanol–water partition coefficient (Wildman–Crippen LogP) is 0.637. The van der Waals surface area contributed by atoms with Crippen LogP contribution in [-0.2, 0) is 0 Å². The zero-order valence-electron chi connectivity index (χ0n) is 7.40. The summed E-state index contributed by atoms with van der Waals surface area (Å²) in [5.41, 5.74) is 6.58. The molecule has 5 nitrogen and oxygen atoms in total. The van der Waals surface area contributed by atoms with Gasteiger partial charge >= 0.3 is 6.03 Å². The van der Waals surface area contributed by atoms with Crippen molar-refractivity contribution in [1.29, 1.82) is 0 Å². The molecular weight excluding hydrogens is 156 g/mol. The van der Waals surface area contributed by atoms with Crippen LogP contribution in [0.15, 0.2) is 0 Å². The Morgan fingerprint density at radius 1 is 1.58 bits per heavy atom. The van der Waals surface area contributed by atoms with Gasteiger partial charge in [0.15, 0.2) is 0 Å². The third kappa shape index (κ3) is 1.30. The largest absolute Gasteiger partial charge is 0.350 e. The van der Waals surface area contributed by atoms with Gasteiger partial charge in [-0.1, -0.05) is 19.1 Å². The monoisotopic (exact) mass is 168 g/mol. The van der Waals surface area contributed by atoms with Crippen LogP contribution < -0.4 is 5.73 Å². The van der Waals surface area contributed by atoms with Gasteiger partial charge in [0, 0.05) is 0 Å². The lowest BCUT2D eigenvalue weighted by Crippen LogP contribution is -2.22. The lowest BCUT2D eigenvalue weighted by molar-refractivity contribution is 0.246. The van der Waals surface area contributed by atoms with E-state index in [0.717, 1.165) is 16.1 Å². The summed E-state index contributed by atoms with van der Waals surface area (Å²) < 4.78 is 1.11. The summed E-state index contributed by atoms with van der Waals surface area (Å²) in [6, 6.07) is -0.591. The lowest BCUT2D eigenvalue weighted by atomic mass is 10.1. The summed E-state index contributed by atoms with van der Waals surface area (Å²) in [4.78, 5) is 10.7. The average Bonchev–Trinajstić information content (AvgIpc) is 2.30. The maximum absolute atomic E-state index is 10.7. The third-order valence-corrected chi connectivity index (χ3v) is 1.69. The summed E-state index contributed by atoms with van der Waals surface area (Å²) in [6.45, 7) is 5.75. The van der Waals surface area contributed by atoms with Gasteiger partial charge in [0.05, 0.1) is 11.4 Å². The Hall–Kier alpha value is -1.39. The van der Waals surface area contributed by atoms with E-state index in [0.29, 0.717) is 0 Å². The molecular formula is C7H12N4O. The Morgan fingerprint density at radius 3 is 2.42 bits per heavy atom. The van der Waals surface area contributed by atoms with Crippen LogP contribution in [0.1, 0.15) is 31.2 Å². The van der Waals surface area contributed by atoms with Crippen LogP contribution in [-0.4, -0.2) is 21.0 Å². The molecule has 0 saturated carbocycles. The van der Waals surface area contributed by atoms with Crippen molar-refractivity contribution in [1.82, 2.24) is 15.0 Å². The second-order valence-electron chi connectivity index (χ2n) is 2.96. The zero-order chi connectivity index (χ0) is 9.30. The fraction of sp³-hybridized carbons (Fsp3) is 0.571. The van der Waals surface area contributed by atoms with E-state index in [1.165, 1.54) is 0 Å². The molecule has 0 aromatic carbocycles. The normalized spacial score (nSPS) is 10.7. The van der Waals surface area contributed by atoms with Gasteiger partial charge in [-0.05, 0) is 12.8 Å². The number of hydrogen-bond donors (Lipinski definition) is 1. The van der Waals surface area contributed by atoms with Crippen molar-refractivity contribution in [2.24, 2.45) is 5.73 Å². The molecule has 1 rings (SSSR count). The molecule has 0 atom stereocenters. The van der Waals surface area contributed by atoms with E-state index < -0.39 is 6.03 Å². The second-order valence-corrected chi connectivity index (χ2v) is 2.96. The van der Waals surface area contributed by atoms with E-state index in [9.17, 15) is 4.79 Å². The van der Waals surface area contributed by atoms with Gasteiger partial charge in [0.25, 0.3) is 0 Å². The van der Waals surface area contributed by atoms with E-state index in [2.05, 4.69) is 10.3 Å². The molecule has 0 aliphatic carbocycles. The van der Waals surface area contributed by atoms with Crippen molar-refractivity contribution in [3.05, 3.63) is 11.4 Å². The van der Waals surface area contributed by atoms with Gasteiger partial charge in [-0.15, -0.1) is 5.10 Å². The molecule has 0 saturated heterocycles. The van der Waals surface area contributed by atoms with Gasteiger partial charge in [-0.25, -0.2) is 4.79 Å². The summed E-state index contributed by atoms with van der Waals surface area (Å²) in [5, 5.41) is 7.48. The molecule has 1 aromatic rings. The van der Waals surface area contributed by atoms with E-state index in [1.54, 1.807) is 6.92 Å². The second kappa shape index (κ2) is 2.92. The average molecular weight is 168 g/mol. The fourth-order valence-electron chi connectivity index (χ4n) is 1.08. The molecule has 0 bridgehead atoms. The van der Waals surface area contributed by atoms with Crippen LogP contribution in [0.3, 0.4) is 0 Å². The number of carbonyl (C=O) groups is 1. The molecule has 0 spiro atoms.